The summed E-state index contributed by atoms with van der Waals surface area (Å²) in [6, 6.07) is 3.65. The highest BCUT2D eigenvalue weighted by molar-refractivity contribution is 6.30. The Morgan fingerprint density at radius 1 is 1.45 bits per heavy atom. The second-order valence-electron chi connectivity index (χ2n) is 5.14. The molecule has 0 aliphatic heterocycles. The maximum atomic E-state index is 10.5. The topological polar surface area (TPSA) is 77.0 Å². The maximum absolute atomic E-state index is 10.5. The maximum Gasteiger partial charge on any atom is 0.132 e. The van der Waals surface area contributed by atoms with Crippen molar-refractivity contribution in [2.45, 2.75) is 32.3 Å². The number of pyridine rings is 1. The van der Waals surface area contributed by atoms with Gasteiger partial charge in [0.1, 0.15) is 11.0 Å². The minimum absolute atomic E-state index is 0.185. The van der Waals surface area contributed by atoms with Crippen LogP contribution in [0, 0.1) is 0 Å². The number of halogens is 1. The van der Waals surface area contributed by atoms with E-state index in [4.69, 9.17) is 17.3 Å². The zero-order valence-electron chi connectivity index (χ0n) is 11.8. The first-order valence-corrected chi connectivity index (χ1v) is 6.89. The van der Waals surface area contributed by atoms with Crippen molar-refractivity contribution in [1.29, 1.82) is 0 Å². The molecule has 2 heterocycles. The largest absolute Gasteiger partial charge is 0.388 e. The Bertz CT molecular complexity index is 609. The molecule has 20 heavy (non-hydrogen) atoms. The third-order valence-corrected chi connectivity index (χ3v) is 3.71. The summed E-state index contributed by atoms with van der Waals surface area (Å²) in [6.07, 6.45) is 1.24. The van der Waals surface area contributed by atoms with Gasteiger partial charge >= 0.3 is 0 Å². The van der Waals surface area contributed by atoms with Gasteiger partial charge in [-0.2, -0.15) is 5.10 Å². The molecule has 1 unspecified atom stereocenters. The van der Waals surface area contributed by atoms with Gasteiger partial charge in [-0.3, -0.25) is 4.68 Å². The van der Waals surface area contributed by atoms with Crippen molar-refractivity contribution in [3.63, 3.8) is 0 Å². The van der Waals surface area contributed by atoms with E-state index in [9.17, 15) is 5.11 Å². The quantitative estimate of drug-likeness (QED) is 0.908. The summed E-state index contributed by atoms with van der Waals surface area (Å²) in [4.78, 5) is 4.02. The van der Waals surface area contributed by atoms with Crippen molar-refractivity contribution in [2.24, 2.45) is 7.05 Å². The van der Waals surface area contributed by atoms with Crippen LogP contribution < -0.4 is 5.73 Å². The number of hydrogen-bond acceptors (Lipinski definition) is 4. The van der Waals surface area contributed by atoms with Crippen LogP contribution in [0.4, 0.5) is 5.82 Å². The van der Waals surface area contributed by atoms with Crippen molar-refractivity contribution < 1.29 is 5.11 Å². The molecule has 2 aromatic heterocycles. The predicted molar refractivity (Wildman–Crippen MR) is 79.6 cm³/mol. The average molecular weight is 295 g/mol. The number of aromatic nitrogens is 3. The molecule has 0 radical (unpaired) electrons. The van der Waals surface area contributed by atoms with E-state index in [1.807, 2.05) is 19.9 Å². The van der Waals surface area contributed by atoms with Gasteiger partial charge in [0, 0.05) is 25.2 Å². The molecule has 1 atom stereocenters. The van der Waals surface area contributed by atoms with Crippen LogP contribution in [-0.4, -0.2) is 19.9 Å². The molecule has 0 spiro atoms. The minimum Gasteiger partial charge on any atom is -0.388 e. The fourth-order valence-corrected chi connectivity index (χ4v) is 2.47. The molecule has 2 aromatic rings. The number of hydrogen-bond donors (Lipinski definition) is 2. The van der Waals surface area contributed by atoms with Gasteiger partial charge in [0.25, 0.3) is 0 Å². The standard InChI is InChI=1S/C14H19ClN4O/c1-8(2)12-11(13(15)19(3)18-12)10(20)7-9-5-4-6-17-14(9)16/h4-6,8,10,20H,7H2,1-3H3,(H2,16,17). The molecule has 0 aliphatic carbocycles. The Labute approximate surface area is 123 Å². The zero-order valence-corrected chi connectivity index (χ0v) is 12.6. The highest BCUT2D eigenvalue weighted by atomic mass is 35.5. The number of nitrogens with two attached hydrogens (primary N) is 1. The molecule has 5 nitrogen and oxygen atoms in total. The molecule has 0 saturated carbocycles. The molecule has 0 amide bonds. The Kier molecular flexibility index (Phi) is 4.30. The number of anilines is 1. The smallest absolute Gasteiger partial charge is 0.132 e. The second-order valence-corrected chi connectivity index (χ2v) is 5.49. The van der Waals surface area contributed by atoms with Gasteiger partial charge in [0.15, 0.2) is 0 Å². The first-order valence-electron chi connectivity index (χ1n) is 6.51. The monoisotopic (exact) mass is 294 g/mol. The van der Waals surface area contributed by atoms with Crippen LogP contribution in [0.15, 0.2) is 18.3 Å². The summed E-state index contributed by atoms with van der Waals surface area (Å²) in [5.41, 5.74) is 8.10. The second kappa shape index (κ2) is 5.81. The molecular formula is C14H19ClN4O. The van der Waals surface area contributed by atoms with Gasteiger partial charge in [-0.15, -0.1) is 0 Å². The third-order valence-electron chi connectivity index (χ3n) is 3.26. The Morgan fingerprint density at radius 2 is 2.15 bits per heavy atom. The fourth-order valence-electron chi connectivity index (χ4n) is 2.21. The van der Waals surface area contributed by atoms with Crippen LogP contribution in [0.2, 0.25) is 5.15 Å². The normalized spacial score (nSPS) is 12.9. The van der Waals surface area contributed by atoms with E-state index in [1.165, 1.54) is 0 Å². The van der Waals surface area contributed by atoms with Crippen LogP contribution in [-0.2, 0) is 13.5 Å². The summed E-state index contributed by atoms with van der Waals surface area (Å²) in [7, 11) is 1.77. The van der Waals surface area contributed by atoms with Crippen molar-refractivity contribution in [3.8, 4) is 0 Å². The lowest BCUT2D eigenvalue weighted by molar-refractivity contribution is 0.177. The summed E-state index contributed by atoms with van der Waals surface area (Å²) in [5, 5.41) is 15.3. The molecule has 6 heteroatoms. The van der Waals surface area contributed by atoms with Gasteiger partial charge in [-0.1, -0.05) is 31.5 Å². The zero-order chi connectivity index (χ0) is 14.9. The molecule has 0 fully saturated rings. The number of aryl methyl sites for hydroxylation is 1. The van der Waals surface area contributed by atoms with Gasteiger partial charge in [0.05, 0.1) is 11.8 Å². The van der Waals surface area contributed by atoms with Crippen LogP contribution in [0.5, 0.6) is 0 Å². The van der Waals surface area contributed by atoms with Crippen molar-refractivity contribution in [2.75, 3.05) is 5.73 Å². The lowest BCUT2D eigenvalue weighted by atomic mass is 9.98. The number of nitrogen functional groups attached to an aromatic ring is 1. The molecule has 0 saturated heterocycles. The molecule has 0 bridgehead atoms. The van der Waals surface area contributed by atoms with E-state index in [2.05, 4.69) is 10.1 Å². The number of aliphatic hydroxyl groups excluding tert-OH is 1. The van der Waals surface area contributed by atoms with E-state index in [0.29, 0.717) is 23.0 Å². The van der Waals surface area contributed by atoms with Crippen LogP contribution >= 0.6 is 11.6 Å². The summed E-state index contributed by atoms with van der Waals surface area (Å²) in [5.74, 6) is 0.613. The lowest BCUT2D eigenvalue weighted by Crippen LogP contribution is -2.08. The van der Waals surface area contributed by atoms with E-state index in [1.54, 1.807) is 24.0 Å². The number of aliphatic hydroxyl groups is 1. The number of nitrogens with zero attached hydrogens (tertiary/aromatic N) is 3. The first kappa shape index (κ1) is 14.8. The van der Waals surface area contributed by atoms with Crippen LogP contribution in [0.25, 0.3) is 0 Å². The van der Waals surface area contributed by atoms with E-state index in [-0.39, 0.29) is 5.92 Å². The van der Waals surface area contributed by atoms with E-state index in [0.717, 1.165) is 11.3 Å². The number of rotatable bonds is 4. The highest BCUT2D eigenvalue weighted by Gasteiger charge is 2.24. The van der Waals surface area contributed by atoms with E-state index >= 15 is 0 Å². The van der Waals surface area contributed by atoms with Crippen molar-refractivity contribution in [3.05, 3.63) is 40.3 Å². The molecular weight excluding hydrogens is 276 g/mol. The molecule has 108 valence electrons. The Morgan fingerprint density at radius 3 is 2.75 bits per heavy atom. The van der Waals surface area contributed by atoms with Crippen molar-refractivity contribution in [1.82, 2.24) is 14.8 Å². The minimum atomic E-state index is -0.750. The van der Waals surface area contributed by atoms with Crippen LogP contribution in [0.1, 0.15) is 42.7 Å². The predicted octanol–water partition coefficient (Wildman–Crippen LogP) is 2.45. The average Bonchev–Trinajstić information content (AvgIpc) is 2.69. The highest BCUT2D eigenvalue weighted by Crippen LogP contribution is 2.32. The van der Waals surface area contributed by atoms with Gasteiger partial charge in [-0.05, 0) is 17.5 Å². The van der Waals surface area contributed by atoms with Gasteiger partial charge in [0.2, 0.25) is 0 Å². The Balaban J connectivity index is 2.34. The summed E-state index contributed by atoms with van der Waals surface area (Å²) < 4.78 is 1.59. The van der Waals surface area contributed by atoms with Crippen molar-refractivity contribution >= 4 is 17.4 Å². The molecule has 0 aromatic carbocycles. The summed E-state index contributed by atoms with van der Waals surface area (Å²) >= 11 is 6.25. The molecule has 2 rings (SSSR count). The van der Waals surface area contributed by atoms with Crippen LogP contribution in [0.3, 0.4) is 0 Å². The molecule has 0 aliphatic rings. The first-order chi connectivity index (χ1) is 9.41. The molecule has 3 N–H and O–H groups in total. The van der Waals surface area contributed by atoms with E-state index < -0.39 is 6.10 Å². The SMILES string of the molecule is CC(C)c1nn(C)c(Cl)c1C(O)Cc1cccnc1N. The summed E-state index contributed by atoms with van der Waals surface area (Å²) in [6.45, 7) is 4.04. The third kappa shape index (κ3) is 2.78. The Hall–Kier alpha value is -1.59. The lowest BCUT2D eigenvalue weighted by Gasteiger charge is -2.14. The van der Waals surface area contributed by atoms with Gasteiger partial charge in [-0.25, -0.2) is 4.98 Å². The fraction of sp³-hybridized carbons (Fsp3) is 0.429. The van der Waals surface area contributed by atoms with Gasteiger partial charge < -0.3 is 10.8 Å².